The highest BCUT2D eigenvalue weighted by Crippen LogP contribution is 2.53. The normalized spacial score (nSPS) is 23.6. The van der Waals surface area contributed by atoms with Gasteiger partial charge in [-0.2, -0.15) is 0 Å². The largest absolute Gasteiger partial charge is 0.358 e. The third-order valence-electron chi connectivity index (χ3n) is 6.24. The van der Waals surface area contributed by atoms with Gasteiger partial charge >= 0.3 is 0 Å². The number of H-pyrrole nitrogens is 1. The highest BCUT2D eigenvalue weighted by molar-refractivity contribution is 5.91. The third-order valence-corrected chi connectivity index (χ3v) is 6.24. The van der Waals surface area contributed by atoms with Gasteiger partial charge in [0.1, 0.15) is 0 Å². The summed E-state index contributed by atoms with van der Waals surface area (Å²) in [5.74, 6) is 1.24. The molecule has 5 rings (SSSR count). The minimum Gasteiger partial charge on any atom is -0.358 e. The summed E-state index contributed by atoms with van der Waals surface area (Å²) in [6.45, 7) is 6.96. The van der Waals surface area contributed by atoms with Crippen molar-refractivity contribution in [3.05, 3.63) is 71.4 Å². The van der Waals surface area contributed by atoms with Gasteiger partial charge in [-0.25, -0.2) is 0 Å². The van der Waals surface area contributed by atoms with Crippen molar-refractivity contribution in [1.82, 2.24) is 4.98 Å². The molecule has 0 radical (unpaired) electrons. The first-order valence-corrected chi connectivity index (χ1v) is 8.95. The number of rotatable bonds is 1. The van der Waals surface area contributed by atoms with Crippen LogP contribution in [0.2, 0.25) is 0 Å². The Balaban J connectivity index is 1.74. The van der Waals surface area contributed by atoms with E-state index in [1.807, 2.05) is 0 Å². The number of aromatic amines is 1. The molecule has 0 amide bonds. The van der Waals surface area contributed by atoms with Crippen LogP contribution in [0.25, 0.3) is 22.0 Å². The second kappa shape index (κ2) is 4.63. The van der Waals surface area contributed by atoms with Crippen LogP contribution in [0.3, 0.4) is 0 Å². The van der Waals surface area contributed by atoms with Crippen molar-refractivity contribution < 1.29 is 0 Å². The fourth-order valence-corrected chi connectivity index (χ4v) is 4.74. The Morgan fingerprint density at radius 1 is 0.958 bits per heavy atom. The maximum Gasteiger partial charge on any atom is 0.0459 e. The van der Waals surface area contributed by atoms with Crippen molar-refractivity contribution in [2.75, 3.05) is 0 Å². The van der Waals surface area contributed by atoms with E-state index >= 15 is 0 Å². The maximum absolute atomic E-state index is 3.74. The van der Waals surface area contributed by atoms with Gasteiger partial charge in [-0.1, -0.05) is 61.9 Å². The molecule has 1 aromatic heterocycles. The monoisotopic (exact) mass is 313 g/mol. The van der Waals surface area contributed by atoms with E-state index in [1.54, 1.807) is 0 Å². The summed E-state index contributed by atoms with van der Waals surface area (Å²) in [6.07, 6.45) is 6.11. The van der Waals surface area contributed by atoms with Crippen LogP contribution < -0.4 is 0 Å². The highest BCUT2D eigenvalue weighted by Gasteiger charge is 2.43. The number of hydrogen-bond donors (Lipinski definition) is 1. The first-order valence-electron chi connectivity index (χ1n) is 8.95. The summed E-state index contributed by atoms with van der Waals surface area (Å²) < 4.78 is 0. The first kappa shape index (κ1) is 14.1. The number of hydrogen-bond acceptors (Lipinski definition) is 0. The van der Waals surface area contributed by atoms with Gasteiger partial charge < -0.3 is 4.98 Å². The Hall–Kier alpha value is -2.28. The summed E-state index contributed by atoms with van der Waals surface area (Å²) in [7, 11) is 0. The average molecular weight is 313 g/mol. The van der Waals surface area contributed by atoms with Gasteiger partial charge in [-0.05, 0) is 53.5 Å². The zero-order chi connectivity index (χ0) is 16.5. The number of allylic oxidation sites excluding steroid dienone is 2. The van der Waals surface area contributed by atoms with Crippen molar-refractivity contribution in [1.29, 1.82) is 0 Å². The molecule has 1 N–H and O–H groups in total. The SMILES string of the molecule is Cc1ccc(-c2ccc3[nH]c4c(c3c2)C(C)(C)C2C=CC4C2)cc1. The van der Waals surface area contributed by atoms with E-state index in [4.69, 9.17) is 0 Å². The average Bonchev–Trinajstić information content (AvgIpc) is 3.18. The summed E-state index contributed by atoms with van der Waals surface area (Å²) >= 11 is 0. The molecule has 2 atom stereocenters. The zero-order valence-electron chi connectivity index (χ0n) is 14.6. The van der Waals surface area contributed by atoms with Crippen LogP contribution >= 0.6 is 0 Å². The van der Waals surface area contributed by atoms with Crippen LogP contribution in [0.4, 0.5) is 0 Å². The second-order valence-electron chi connectivity index (χ2n) is 8.10. The quantitative estimate of drug-likeness (QED) is 0.523. The molecule has 1 heteroatoms. The molecule has 1 nitrogen and oxygen atoms in total. The van der Waals surface area contributed by atoms with Crippen molar-refractivity contribution in [3.8, 4) is 11.1 Å². The zero-order valence-corrected chi connectivity index (χ0v) is 14.6. The predicted molar refractivity (Wildman–Crippen MR) is 101 cm³/mol. The molecule has 2 aliphatic carbocycles. The van der Waals surface area contributed by atoms with Gasteiger partial charge in [0.2, 0.25) is 0 Å². The molecule has 0 saturated heterocycles. The molecule has 0 spiro atoms. The van der Waals surface area contributed by atoms with Crippen LogP contribution in [-0.4, -0.2) is 4.98 Å². The van der Waals surface area contributed by atoms with Gasteiger partial charge in [0.15, 0.2) is 0 Å². The van der Waals surface area contributed by atoms with Crippen molar-refractivity contribution in [3.63, 3.8) is 0 Å². The predicted octanol–water partition coefficient (Wildman–Crippen LogP) is 6.09. The van der Waals surface area contributed by atoms with E-state index in [0.29, 0.717) is 11.8 Å². The first-order chi connectivity index (χ1) is 11.5. The standard InChI is InChI=1S/C23H23N/c1-14-4-6-15(7-5-14)16-9-11-20-19(13-16)21-22(24-20)17-8-10-18(12-17)23(21,2)3/h4-11,13,17-18,24H,12H2,1-3H3. The summed E-state index contributed by atoms with van der Waals surface area (Å²) in [5.41, 5.74) is 8.38. The fraction of sp³-hybridized carbons (Fsp3) is 0.304. The molecule has 2 aliphatic rings. The molecular formula is C23H23N. The summed E-state index contributed by atoms with van der Waals surface area (Å²) in [5, 5.41) is 1.41. The van der Waals surface area contributed by atoms with E-state index in [0.717, 1.165) is 0 Å². The molecule has 24 heavy (non-hydrogen) atoms. The van der Waals surface area contributed by atoms with Crippen LogP contribution in [0.15, 0.2) is 54.6 Å². The maximum atomic E-state index is 3.74. The van der Waals surface area contributed by atoms with E-state index < -0.39 is 0 Å². The van der Waals surface area contributed by atoms with Gasteiger partial charge in [0.05, 0.1) is 0 Å². The Bertz CT molecular complexity index is 969. The van der Waals surface area contributed by atoms with E-state index in [1.165, 1.54) is 45.3 Å². The van der Waals surface area contributed by atoms with Crippen LogP contribution in [0.5, 0.6) is 0 Å². The Morgan fingerprint density at radius 3 is 2.50 bits per heavy atom. The fourth-order valence-electron chi connectivity index (χ4n) is 4.74. The molecule has 0 aliphatic heterocycles. The van der Waals surface area contributed by atoms with Crippen molar-refractivity contribution >= 4 is 10.9 Å². The van der Waals surface area contributed by atoms with E-state index in [9.17, 15) is 0 Å². The summed E-state index contributed by atoms with van der Waals surface area (Å²) in [4.78, 5) is 3.74. The van der Waals surface area contributed by atoms with Crippen molar-refractivity contribution in [2.24, 2.45) is 5.92 Å². The second-order valence-corrected chi connectivity index (χ2v) is 8.10. The Kier molecular flexibility index (Phi) is 2.72. The number of benzene rings is 2. The highest BCUT2D eigenvalue weighted by atomic mass is 14.8. The number of fused-ring (bicyclic) bond motifs is 6. The third kappa shape index (κ3) is 1.81. The number of aromatic nitrogens is 1. The van der Waals surface area contributed by atoms with Crippen LogP contribution in [-0.2, 0) is 5.41 Å². The summed E-state index contributed by atoms with van der Waals surface area (Å²) in [6, 6.07) is 15.7. The molecule has 120 valence electrons. The smallest absolute Gasteiger partial charge is 0.0459 e. The minimum absolute atomic E-state index is 0.197. The molecule has 2 bridgehead atoms. The van der Waals surface area contributed by atoms with Crippen LogP contribution in [0, 0.1) is 12.8 Å². The molecular weight excluding hydrogens is 290 g/mol. The lowest BCUT2D eigenvalue weighted by Crippen LogP contribution is -2.31. The van der Waals surface area contributed by atoms with Gasteiger partial charge in [-0.3, -0.25) is 0 Å². The van der Waals surface area contributed by atoms with Crippen LogP contribution in [0.1, 0.15) is 43.0 Å². The van der Waals surface area contributed by atoms with Gasteiger partial charge in [0.25, 0.3) is 0 Å². The topological polar surface area (TPSA) is 15.8 Å². The minimum atomic E-state index is 0.197. The van der Waals surface area contributed by atoms with E-state index in [2.05, 4.69) is 80.4 Å². The lowest BCUT2D eigenvalue weighted by atomic mass is 9.67. The van der Waals surface area contributed by atoms with Gasteiger partial charge in [0, 0.05) is 22.5 Å². The number of aryl methyl sites for hydroxylation is 1. The Labute approximate surface area is 143 Å². The molecule has 1 heterocycles. The molecule has 0 fully saturated rings. The lowest BCUT2D eigenvalue weighted by molar-refractivity contribution is 0.343. The van der Waals surface area contributed by atoms with Crippen molar-refractivity contribution in [2.45, 2.75) is 38.5 Å². The Morgan fingerprint density at radius 2 is 1.71 bits per heavy atom. The molecule has 2 unspecified atom stereocenters. The lowest BCUT2D eigenvalue weighted by Gasteiger charge is -2.37. The van der Waals surface area contributed by atoms with E-state index in [-0.39, 0.29) is 5.41 Å². The molecule has 2 aromatic carbocycles. The molecule has 3 aromatic rings. The van der Waals surface area contributed by atoms with Gasteiger partial charge in [-0.15, -0.1) is 0 Å². The number of nitrogens with one attached hydrogen (secondary N) is 1. The molecule has 0 saturated carbocycles.